The average molecular weight is 384 g/mol. The third kappa shape index (κ3) is 4.75. The Morgan fingerprint density at radius 1 is 1.04 bits per heavy atom. The summed E-state index contributed by atoms with van der Waals surface area (Å²) in [6, 6.07) is 13.7. The molecule has 0 bridgehead atoms. The molecule has 1 N–H and O–H groups in total. The molecule has 28 heavy (non-hydrogen) atoms. The van der Waals surface area contributed by atoms with Gasteiger partial charge < -0.3 is 19.5 Å². The van der Waals surface area contributed by atoms with Crippen LogP contribution in [-0.4, -0.2) is 45.2 Å². The first kappa shape index (κ1) is 20.0. The molecule has 0 aliphatic carbocycles. The van der Waals surface area contributed by atoms with Crippen LogP contribution >= 0.6 is 0 Å². The number of ether oxygens (including phenoxy) is 3. The van der Waals surface area contributed by atoms with Crippen molar-refractivity contribution in [3.63, 3.8) is 0 Å². The summed E-state index contributed by atoms with van der Waals surface area (Å²) in [6.07, 6.45) is 2.05. The van der Waals surface area contributed by atoms with Gasteiger partial charge in [0.2, 0.25) is 5.91 Å². The molecular formula is C22H28N2O4. The summed E-state index contributed by atoms with van der Waals surface area (Å²) in [5, 5.41) is 3.01. The molecule has 6 heteroatoms. The smallest absolute Gasteiger partial charge is 0.234 e. The van der Waals surface area contributed by atoms with Gasteiger partial charge in [0.1, 0.15) is 17.2 Å². The molecule has 0 spiro atoms. The van der Waals surface area contributed by atoms with Gasteiger partial charge >= 0.3 is 0 Å². The number of amides is 1. The van der Waals surface area contributed by atoms with Gasteiger partial charge in [-0.25, -0.2) is 0 Å². The number of hydrogen-bond donors (Lipinski definition) is 1. The minimum Gasteiger partial charge on any atom is -0.497 e. The SMILES string of the molecule is COc1ccc(CNC(=O)CN2CCC[C@H]2c2cc(OC)ccc2OC)cc1. The second kappa shape index (κ2) is 9.46. The molecule has 1 aliphatic rings. The van der Waals surface area contributed by atoms with Crippen LogP contribution in [0.5, 0.6) is 17.2 Å². The van der Waals surface area contributed by atoms with Gasteiger partial charge in [-0.15, -0.1) is 0 Å². The van der Waals surface area contributed by atoms with Crippen molar-refractivity contribution in [1.82, 2.24) is 10.2 Å². The first-order valence-electron chi connectivity index (χ1n) is 9.50. The van der Waals surface area contributed by atoms with E-state index in [1.54, 1.807) is 21.3 Å². The number of nitrogens with one attached hydrogen (secondary N) is 1. The van der Waals surface area contributed by atoms with Gasteiger partial charge in [-0.3, -0.25) is 9.69 Å². The van der Waals surface area contributed by atoms with Crippen molar-refractivity contribution in [3.8, 4) is 17.2 Å². The van der Waals surface area contributed by atoms with E-state index in [9.17, 15) is 4.79 Å². The molecule has 6 nitrogen and oxygen atoms in total. The van der Waals surface area contributed by atoms with Gasteiger partial charge in [0, 0.05) is 18.2 Å². The van der Waals surface area contributed by atoms with Crippen LogP contribution in [-0.2, 0) is 11.3 Å². The zero-order chi connectivity index (χ0) is 19.9. The minimum absolute atomic E-state index is 0.0181. The Morgan fingerprint density at radius 3 is 2.43 bits per heavy atom. The number of carbonyl (C=O) groups excluding carboxylic acids is 1. The first-order valence-corrected chi connectivity index (χ1v) is 9.50. The summed E-state index contributed by atoms with van der Waals surface area (Å²) in [4.78, 5) is 14.7. The molecule has 1 atom stereocenters. The Hall–Kier alpha value is -2.73. The molecule has 3 rings (SSSR count). The van der Waals surface area contributed by atoms with Gasteiger partial charge in [-0.2, -0.15) is 0 Å². The summed E-state index contributed by atoms with van der Waals surface area (Å²) in [6.45, 7) is 1.76. The van der Waals surface area contributed by atoms with E-state index in [1.807, 2.05) is 42.5 Å². The lowest BCUT2D eigenvalue weighted by molar-refractivity contribution is -0.122. The summed E-state index contributed by atoms with van der Waals surface area (Å²) >= 11 is 0. The van der Waals surface area contributed by atoms with Crippen molar-refractivity contribution in [2.24, 2.45) is 0 Å². The maximum Gasteiger partial charge on any atom is 0.234 e. The molecule has 1 fully saturated rings. The van der Waals surface area contributed by atoms with Crippen LogP contribution in [0.3, 0.4) is 0 Å². The lowest BCUT2D eigenvalue weighted by atomic mass is 10.0. The van der Waals surface area contributed by atoms with E-state index in [0.717, 1.165) is 47.8 Å². The Labute approximate surface area is 166 Å². The van der Waals surface area contributed by atoms with Gasteiger partial charge in [0.15, 0.2) is 0 Å². The second-order valence-corrected chi connectivity index (χ2v) is 6.86. The van der Waals surface area contributed by atoms with E-state index in [1.165, 1.54) is 0 Å². The highest BCUT2D eigenvalue weighted by Gasteiger charge is 2.30. The van der Waals surface area contributed by atoms with E-state index in [0.29, 0.717) is 13.1 Å². The van der Waals surface area contributed by atoms with Gasteiger partial charge in [-0.1, -0.05) is 12.1 Å². The highest BCUT2D eigenvalue weighted by molar-refractivity contribution is 5.78. The monoisotopic (exact) mass is 384 g/mol. The number of carbonyl (C=O) groups is 1. The maximum absolute atomic E-state index is 12.5. The summed E-state index contributed by atoms with van der Waals surface area (Å²) in [5.41, 5.74) is 2.11. The highest BCUT2D eigenvalue weighted by Crippen LogP contribution is 2.38. The van der Waals surface area contributed by atoms with Crippen LogP contribution < -0.4 is 19.5 Å². The lowest BCUT2D eigenvalue weighted by Gasteiger charge is -2.26. The van der Waals surface area contributed by atoms with E-state index in [4.69, 9.17) is 14.2 Å². The number of benzene rings is 2. The summed E-state index contributed by atoms with van der Waals surface area (Å²) in [7, 11) is 4.97. The summed E-state index contributed by atoms with van der Waals surface area (Å²) in [5.74, 6) is 2.45. The van der Waals surface area contributed by atoms with Crippen LogP contribution in [0.15, 0.2) is 42.5 Å². The molecule has 2 aromatic carbocycles. The fourth-order valence-corrected chi connectivity index (χ4v) is 3.65. The number of rotatable bonds is 8. The van der Waals surface area contributed by atoms with Crippen molar-refractivity contribution in [2.75, 3.05) is 34.4 Å². The van der Waals surface area contributed by atoms with Crippen LogP contribution in [0, 0.1) is 0 Å². The minimum atomic E-state index is 0.0181. The molecule has 1 heterocycles. The van der Waals surface area contributed by atoms with Crippen molar-refractivity contribution in [2.45, 2.75) is 25.4 Å². The molecular weight excluding hydrogens is 356 g/mol. The fraction of sp³-hybridized carbons (Fsp3) is 0.409. The van der Waals surface area contributed by atoms with Crippen LogP contribution in [0.2, 0.25) is 0 Å². The molecule has 150 valence electrons. The third-order valence-corrected chi connectivity index (χ3v) is 5.15. The number of hydrogen-bond acceptors (Lipinski definition) is 5. The van der Waals surface area contributed by atoms with Crippen LogP contribution in [0.25, 0.3) is 0 Å². The van der Waals surface area contributed by atoms with E-state index < -0.39 is 0 Å². The number of likely N-dealkylation sites (tertiary alicyclic amines) is 1. The first-order chi connectivity index (χ1) is 13.6. The molecule has 0 saturated carbocycles. The van der Waals surface area contributed by atoms with Crippen LogP contribution in [0.1, 0.15) is 30.0 Å². The van der Waals surface area contributed by atoms with E-state index in [2.05, 4.69) is 10.2 Å². The third-order valence-electron chi connectivity index (χ3n) is 5.15. The van der Waals surface area contributed by atoms with Crippen LogP contribution in [0.4, 0.5) is 0 Å². The molecule has 1 saturated heterocycles. The maximum atomic E-state index is 12.5. The Balaban J connectivity index is 1.62. The topological polar surface area (TPSA) is 60.0 Å². The predicted octanol–water partition coefficient (Wildman–Crippen LogP) is 3.17. The molecule has 1 aliphatic heterocycles. The predicted molar refractivity (Wildman–Crippen MR) is 108 cm³/mol. The molecule has 0 radical (unpaired) electrons. The molecule has 0 unspecified atom stereocenters. The fourth-order valence-electron chi connectivity index (χ4n) is 3.65. The highest BCUT2D eigenvalue weighted by atomic mass is 16.5. The molecule has 1 amide bonds. The van der Waals surface area contributed by atoms with Crippen molar-refractivity contribution < 1.29 is 19.0 Å². The Bertz CT molecular complexity index is 792. The van der Waals surface area contributed by atoms with Crippen molar-refractivity contribution in [1.29, 1.82) is 0 Å². The summed E-state index contributed by atoms with van der Waals surface area (Å²) < 4.78 is 16.1. The van der Waals surface area contributed by atoms with Gasteiger partial charge in [0.25, 0.3) is 0 Å². The largest absolute Gasteiger partial charge is 0.497 e. The Kier molecular flexibility index (Phi) is 6.76. The number of methoxy groups -OCH3 is 3. The van der Waals surface area contributed by atoms with Crippen molar-refractivity contribution in [3.05, 3.63) is 53.6 Å². The molecule has 0 aromatic heterocycles. The van der Waals surface area contributed by atoms with Gasteiger partial charge in [-0.05, 0) is 55.3 Å². The standard InChI is InChI=1S/C22H28N2O4/c1-26-17-8-6-16(7-9-17)14-23-22(25)15-24-12-4-5-20(24)19-13-18(27-2)10-11-21(19)28-3/h6-11,13,20H,4-5,12,14-15H2,1-3H3,(H,23,25)/t20-/m0/s1. The zero-order valence-electron chi connectivity index (χ0n) is 16.7. The normalized spacial score (nSPS) is 16.6. The lowest BCUT2D eigenvalue weighted by Crippen LogP contribution is -2.36. The molecule has 2 aromatic rings. The Morgan fingerprint density at radius 2 is 1.75 bits per heavy atom. The second-order valence-electron chi connectivity index (χ2n) is 6.86. The van der Waals surface area contributed by atoms with E-state index in [-0.39, 0.29) is 11.9 Å². The van der Waals surface area contributed by atoms with Crippen molar-refractivity contribution >= 4 is 5.91 Å². The number of nitrogens with zero attached hydrogens (tertiary/aromatic N) is 1. The average Bonchev–Trinajstić information content (AvgIpc) is 3.19. The quantitative estimate of drug-likeness (QED) is 0.758. The van der Waals surface area contributed by atoms with Gasteiger partial charge in [0.05, 0.1) is 27.9 Å². The zero-order valence-corrected chi connectivity index (χ0v) is 16.7. The van der Waals surface area contributed by atoms with E-state index >= 15 is 0 Å².